The molecule has 1 aromatic heterocycles. The zero-order chi connectivity index (χ0) is 20.9. The number of H-pyrrole nitrogens is 1. The molecular formula is C23H25N5OS. The third-order valence-corrected chi connectivity index (χ3v) is 8.34. The van der Waals surface area contributed by atoms with E-state index in [2.05, 4.69) is 46.5 Å². The van der Waals surface area contributed by atoms with E-state index in [-0.39, 0.29) is 16.7 Å². The average Bonchev–Trinajstić information content (AvgIpc) is 3.43. The average molecular weight is 420 g/mol. The molecule has 2 heterocycles. The number of rotatable bonds is 3. The van der Waals surface area contributed by atoms with Gasteiger partial charge < -0.3 is 0 Å². The molecule has 0 radical (unpaired) electrons. The van der Waals surface area contributed by atoms with Crippen LogP contribution in [0.25, 0.3) is 17.3 Å². The molecule has 30 heavy (non-hydrogen) atoms. The molecule has 154 valence electrons. The van der Waals surface area contributed by atoms with Crippen molar-refractivity contribution in [3.63, 3.8) is 0 Å². The predicted molar refractivity (Wildman–Crippen MR) is 122 cm³/mol. The second-order valence-electron chi connectivity index (χ2n) is 9.08. The molecule has 2 aromatic rings. The summed E-state index contributed by atoms with van der Waals surface area (Å²) < 4.78 is 0. The molecule has 2 bridgehead atoms. The van der Waals surface area contributed by atoms with E-state index in [0.717, 1.165) is 23.2 Å². The van der Waals surface area contributed by atoms with Crippen LogP contribution in [-0.2, 0) is 4.79 Å². The van der Waals surface area contributed by atoms with Crippen molar-refractivity contribution in [2.24, 2.45) is 27.0 Å². The molecule has 2 unspecified atom stereocenters. The standard InChI is InChI=1S/C23H25N5OS/c1-22(2)16-9-10-23(22,3)18(12-16)26-28-21-25-20(29)17(30-21)11-15-13-24-27-19(15)14-7-5-4-6-8-14/h4-8,11,13,16H,9-10,12H2,1-3H3,(H,24,27)(H,25,28,29). The first-order valence-corrected chi connectivity index (χ1v) is 11.1. The van der Waals surface area contributed by atoms with Gasteiger partial charge in [-0.15, -0.1) is 5.10 Å². The van der Waals surface area contributed by atoms with Gasteiger partial charge in [0.25, 0.3) is 5.91 Å². The summed E-state index contributed by atoms with van der Waals surface area (Å²) in [6.45, 7) is 7.01. The number of amidine groups is 1. The van der Waals surface area contributed by atoms with Crippen LogP contribution in [0.5, 0.6) is 0 Å². The van der Waals surface area contributed by atoms with Crippen LogP contribution in [0.4, 0.5) is 0 Å². The minimum atomic E-state index is -0.154. The van der Waals surface area contributed by atoms with E-state index in [4.69, 9.17) is 0 Å². The predicted octanol–water partition coefficient (Wildman–Crippen LogP) is 4.84. The molecule has 5 rings (SSSR count). The quantitative estimate of drug-likeness (QED) is 0.552. The Labute approximate surface area is 180 Å². The topological polar surface area (TPSA) is 82.5 Å². The Morgan fingerprint density at radius 3 is 2.70 bits per heavy atom. The van der Waals surface area contributed by atoms with Crippen LogP contribution in [0.2, 0.25) is 0 Å². The first-order chi connectivity index (χ1) is 14.4. The van der Waals surface area contributed by atoms with Crippen molar-refractivity contribution >= 4 is 34.6 Å². The van der Waals surface area contributed by atoms with Crippen molar-refractivity contribution in [1.29, 1.82) is 0 Å². The Kier molecular flexibility index (Phi) is 4.47. The highest BCUT2D eigenvalue weighted by Gasteiger charge is 2.60. The van der Waals surface area contributed by atoms with E-state index < -0.39 is 0 Å². The summed E-state index contributed by atoms with van der Waals surface area (Å²) in [7, 11) is 0. The highest BCUT2D eigenvalue weighted by atomic mass is 32.2. The summed E-state index contributed by atoms with van der Waals surface area (Å²) in [6.07, 6.45) is 7.03. The van der Waals surface area contributed by atoms with Crippen molar-refractivity contribution in [1.82, 2.24) is 15.5 Å². The smallest absolute Gasteiger partial charge is 0.264 e. The van der Waals surface area contributed by atoms with Crippen LogP contribution in [0.15, 0.2) is 51.6 Å². The number of aromatic amines is 1. The number of thioether (sulfide) groups is 1. The fraction of sp³-hybridized carbons (Fsp3) is 0.391. The number of hydrogen-bond donors (Lipinski definition) is 2. The maximum Gasteiger partial charge on any atom is 0.264 e. The summed E-state index contributed by atoms with van der Waals surface area (Å²) in [4.78, 5) is 13.1. The van der Waals surface area contributed by atoms with Crippen molar-refractivity contribution in [3.8, 4) is 11.3 Å². The third-order valence-electron chi connectivity index (χ3n) is 7.44. The van der Waals surface area contributed by atoms with E-state index in [9.17, 15) is 4.79 Å². The Morgan fingerprint density at radius 1 is 1.20 bits per heavy atom. The molecule has 2 N–H and O–H groups in total. The fourth-order valence-electron chi connectivity index (χ4n) is 5.04. The number of fused-ring (bicyclic) bond motifs is 2. The number of nitrogens with zero attached hydrogens (tertiary/aromatic N) is 3. The second-order valence-corrected chi connectivity index (χ2v) is 10.1. The van der Waals surface area contributed by atoms with Gasteiger partial charge in [0, 0.05) is 22.3 Å². The van der Waals surface area contributed by atoms with E-state index in [1.807, 2.05) is 36.4 Å². The minimum absolute atomic E-state index is 0.106. The Balaban J connectivity index is 1.38. The molecule has 3 fully saturated rings. The van der Waals surface area contributed by atoms with Gasteiger partial charge in [-0.05, 0) is 48.4 Å². The second kappa shape index (κ2) is 6.94. The van der Waals surface area contributed by atoms with Crippen LogP contribution in [0.1, 0.15) is 45.6 Å². The molecule has 6 nitrogen and oxygen atoms in total. The van der Waals surface area contributed by atoms with Gasteiger partial charge in [-0.1, -0.05) is 51.1 Å². The summed E-state index contributed by atoms with van der Waals surface area (Å²) >= 11 is 1.32. The molecule has 2 atom stereocenters. The monoisotopic (exact) mass is 419 g/mol. The molecule has 0 spiro atoms. The van der Waals surface area contributed by atoms with Crippen molar-refractivity contribution in [2.75, 3.05) is 0 Å². The largest absolute Gasteiger partial charge is 0.299 e. The normalized spacial score (nSPS) is 31.2. The Hall–Kier alpha value is -2.67. The SMILES string of the molecule is CC12CCC(CC1=N/N=C1\NC(=O)C(=Cc3cn[nH]c3-c3ccccc3)S1)C2(C)C. The van der Waals surface area contributed by atoms with E-state index in [1.165, 1.54) is 30.3 Å². The lowest BCUT2D eigenvalue weighted by Gasteiger charge is -2.34. The van der Waals surface area contributed by atoms with Crippen molar-refractivity contribution < 1.29 is 4.79 Å². The lowest BCUT2D eigenvalue weighted by molar-refractivity contribution is -0.115. The molecule has 2 aliphatic carbocycles. The van der Waals surface area contributed by atoms with Gasteiger partial charge in [0.05, 0.1) is 16.8 Å². The lowest BCUT2D eigenvalue weighted by atomic mass is 9.70. The highest BCUT2D eigenvalue weighted by molar-refractivity contribution is 8.18. The molecular weight excluding hydrogens is 394 g/mol. The van der Waals surface area contributed by atoms with Gasteiger partial charge in [0.1, 0.15) is 0 Å². The summed E-state index contributed by atoms with van der Waals surface area (Å²) in [5.41, 5.74) is 4.32. The van der Waals surface area contributed by atoms with Crippen molar-refractivity contribution in [2.45, 2.75) is 40.0 Å². The maximum atomic E-state index is 12.5. The van der Waals surface area contributed by atoms with E-state index in [1.54, 1.807) is 6.20 Å². The minimum Gasteiger partial charge on any atom is -0.299 e. The zero-order valence-electron chi connectivity index (χ0n) is 17.4. The highest BCUT2D eigenvalue weighted by Crippen LogP contribution is 2.64. The molecule has 7 heteroatoms. The van der Waals surface area contributed by atoms with E-state index in [0.29, 0.717) is 16.0 Å². The number of carbonyl (C=O) groups is 1. The maximum absolute atomic E-state index is 12.5. The number of benzene rings is 1. The molecule has 3 aliphatic rings. The first kappa shape index (κ1) is 19.3. The third kappa shape index (κ3) is 2.95. The fourth-order valence-corrected chi connectivity index (χ4v) is 5.81. The molecule has 2 saturated carbocycles. The first-order valence-electron chi connectivity index (χ1n) is 10.3. The van der Waals surface area contributed by atoms with Crippen LogP contribution < -0.4 is 5.32 Å². The Morgan fingerprint density at radius 2 is 2.00 bits per heavy atom. The van der Waals surface area contributed by atoms with Crippen LogP contribution in [-0.4, -0.2) is 27.0 Å². The van der Waals surface area contributed by atoms with Crippen LogP contribution in [0.3, 0.4) is 0 Å². The molecule has 1 aromatic carbocycles. The Bertz CT molecular complexity index is 1100. The van der Waals surface area contributed by atoms with Gasteiger partial charge in [0.15, 0.2) is 5.17 Å². The number of carbonyl (C=O) groups excluding carboxylic acids is 1. The molecule has 1 saturated heterocycles. The number of hydrogen-bond acceptors (Lipinski definition) is 5. The van der Waals surface area contributed by atoms with Gasteiger partial charge >= 0.3 is 0 Å². The lowest BCUT2D eigenvalue weighted by Crippen LogP contribution is -2.32. The van der Waals surface area contributed by atoms with Crippen molar-refractivity contribution in [3.05, 3.63) is 47.0 Å². The number of amides is 1. The van der Waals surface area contributed by atoms with Gasteiger partial charge in [-0.3, -0.25) is 15.2 Å². The van der Waals surface area contributed by atoms with Gasteiger partial charge in [0.2, 0.25) is 0 Å². The van der Waals surface area contributed by atoms with Gasteiger partial charge in [-0.25, -0.2) is 0 Å². The number of nitrogens with one attached hydrogen (secondary N) is 2. The van der Waals surface area contributed by atoms with Crippen LogP contribution >= 0.6 is 11.8 Å². The van der Waals surface area contributed by atoms with Gasteiger partial charge in [-0.2, -0.15) is 10.2 Å². The molecule has 1 amide bonds. The summed E-state index contributed by atoms with van der Waals surface area (Å²) in [5.74, 6) is 0.527. The zero-order valence-corrected chi connectivity index (χ0v) is 18.2. The number of aromatic nitrogens is 2. The molecule has 1 aliphatic heterocycles. The summed E-state index contributed by atoms with van der Waals surface area (Å²) in [5, 5.41) is 19.6. The van der Waals surface area contributed by atoms with Crippen LogP contribution in [0, 0.1) is 16.7 Å². The van der Waals surface area contributed by atoms with E-state index >= 15 is 0 Å². The summed E-state index contributed by atoms with van der Waals surface area (Å²) in [6, 6.07) is 9.95.